The van der Waals surface area contributed by atoms with Gasteiger partial charge in [-0.1, -0.05) is 0 Å². The molecule has 0 saturated carbocycles. The van der Waals surface area contributed by atoms with Gasteiger partial charge < -0.3 is 4.74 Å². The minimum absolute atomic E-state index is 0.168. The molecule has 80 valence electrons. The van der Waals surface area contributed by atoms with Gasteiger partial charge in [0.05, 0.1) is 5.56 Å². The van der Waals surface area contributed by atoms with Gasteiger partial charge in [-0.15, -0.1) is 13.2 Å². The molecular weight excluding hydrogens is 221 g/mol. The van der Waals surface area contributed by atoms with Gasteiger partial charge in [0, 0.05) is 6.07 Å². The zero-order chi connectivity index (χ0) is 11.6. The second-order valence-corrected chi connectivity index (χ2v) is 2.42. The highest BCUT2D eigenvalue weighted by molar-refractivity contribution is 5.43. The van der Waals surface area contributed by atoms with E-state index in [1.165, 1.54) is 6.07 Å². The van der Waals surface area contributed by atoms with E-state index in [9.17, 15) is 22.0 Å². The largest absolute Gasteiger partial charge is 0.573 e. The molecule has 0 aliphatic heterocycles. The van der Waals surface area contributed by atoms with E-state index in [4.69, 9.17) is 5.26 Å². The second kappa shape index (κ2) is 3.73. The maximum atomic E-state index is 12.5. The van der Waals surface area contributed by atoms with Crippen LogP contribution in [0.2, 0.25) is 0 Å². The molecule has 0 spiro atoms. The number of benzene rings is 1. The van der Waals surface area contributed by atoms with Gasteiger partial charge in [-0.25, -0.2) is 8.78 Å². The monoisotopic (exact) mass is 223 g/mol. The molecule has 1 aromatic carbocycles. The lowest BCUT2D eigenvalue weighted by molar-refractivity contribution is -0.274. The van der Waals surface area contributed by atoms with Gasteiger partial charge in [-0.05, 0) is 6.07 Å². The van der Waals surface area contributed by atoms with Crippen LogP contribution >= 0.6 is 0 Å². The number of rotatable bonds is 1. The Labute approximate surface area is 80.5 Å². The first-order chi connectivity index (χ1) is 6.83. The van der Waals surface area contributed by atoms with Crippen LogP contribution in [0.1, 0.15) is 5.56 Å². The number of alkyl halides is 3. The van der Waals surface area contributed by atoms with Crippen LogP contribution in [0.4, 0.5) is 22.0 Å². The SMILES string of the molecule is N#Cc1cc(F)c(F)cc1OC(F)(F)F. The molecule has 0 atom stereocenters. The quantitative estimate of drug-likeness (QED) is 0.685. The normalized spacial score (nSPS) is 10.9. The van der Waals surface area contributed by atoms with E-state index >= 15 is 0 Å². The average Bonchev–Trinajstić information content (AvgIpc) is 2.08. The standard InChI is InChI=1S/C8H2F5NO/c9-5-1-4(3-14)7(2-6(5)10)15-8(11,12)13/h1-2H. The van der Waals surface area contributed by atoms with Crippen molar-refractivity contribution in [3.8, 4) is 11.8 Å². The van der Waals surface area contributed by atoms with Crippen LogP contribution < -0.4 is 4.74 Å². The van der Waals surface area contributed by atoms with Crippen molar-refractivity contribution < 1.29 is 26.7 Å². The molecule has 0 N–H and O–H groups in total. The molecule has 0 aliphatic carbocycles. The summed E-state index contributed by atoms with van der Waals surface area (Å²) in [5, 5.41) is 8.34. The highest BCUT2D eigenvalue weighted by Gasteiger charge is 2.32. The van der Waals surface area contributed by atoms with E-state index in [-0.39, 0.29) is 6.07 Å². The lowest BCUT2D eigenvalue weighted by Crippen LogP contribution is -2.18. The summed E-state index contributed by atoms with van der Waals surface area (Å²) in [6.07, 6.45) is -5.06. The van der Waals surface area contributed by atoms with Crippen LogP contribution in [0, 0.1) is 23.0 Å². The summed E-state index contributed by atoms with van der Waals surface area (Å²) >= 11 is 0. The lowest BCUT2D eigenvalue weighted by Gasteiger charge is -2.10. The van der Waals surface area contributed by atoms with Gasteiger partial charge in [0.1, 0.15) is 11.8 Å². The van der Waals surface area contributed by atoms with Crippen molar-refractivity contribution in [3.05, 3.63) is 29.3 Å². The molecule has 0 fully saturated rings. The van der Waals surface area contributed by atoms with Crippen LogP contribution in [0.5, 0.6) is 5.75 Å². The van der Waals surface area contributed by atoms with E-state index in [2.05, 4.69) is 4.74 Å². The van der Waals surface area contributed by atoms with Crippen molar-refractivity contribution in [2.75, 3.05) is 0 Å². The fourth-order valence-electron chi connectivity index (χ4n) is 0.825. The van der Waals surface area contributed by atoms with Gasteiger partial charge >= 0.3 is 6.36 Å². The lowest BCUT2D eigenvalue weighted by atomic mass is 10.2. The molecule has 0 radical (unpaired) electrons. The van der Waals surface area contributed by atoms with Gasteiger partial charge in [0.25, 0.3) is 0 Å². The summed E-state index contributed by atoms with van der Waals surface area (Å²) in [5.74, 6) is -4.00. The summed E-state index contributed by atoms with van der Waals surface area (Å²) in [6, 6.07) is 1.75. The van der Waals surface area contributed by atoms with Crippen LogP contribution in [-0.4, -0.2) is 6.36 Å². The molecule has 1 aromatic rings. The minimum Gasteiger partial charge on any atom is -0.404 e. The molecule has 0 heterocycles. The molecular formula is C8H2F5NO. The highest BCUT2D eigenvalue weighted by Crippen LogP contribution is 2.27. The first-order valence-corrected chi connectivity index (χ1v) is 3.48. The summed E-state index contributed by atoms with van der Waals surface area (Å²) in [4.78, 5) is 0. The summed E-state index contributed by atoms with van der Waals surface area (Å²) in [6.45, 7) is 0. The predicted molar refractivity (Wildman–Crippen MR) is 37.8 cm³/mol. The third-order valence-electron chi connectivity index (χ3n) is 1.37. The maximum Gasteiger partial charge on any atom is 0.573 e. The molecule has 0 amide bonds. The van der Waals surface area contributed by atoms with Crippen LogP contribution in [0.25, 0.3) is 0 Å². The Morgan fingerprint density at radius 2 is 1.67 bits per heavy atom. The zero-order valence-corrected chi connectivity index (χ0v) is 6.90. The molecule has 15 heavy (non-hydrogen) atoms. The maximum absolute atomic E-state index is 12.5. The van der Waals surface area contributed by atoms with Gasteiger partial charge in [-0.2, -0.15) is 5.26 Å². The number of ether oxygens (including phenoxy) is 1. The number of hydrogen-bond acceptors (Lipinski definition) is 2. The molecule has 7 heteroatoms. The van der Waals surface area contributed by atoms with Crippen molar-refractivity contribution in [3.63, 3.8) is 0 Å². The van der Waals surface area contributed by atoms with Crippen molar-refractivity contribution in [1.29, 1.82) is 5.26 Å². The third kappa shape index (κ3) is 2.80. The topological polar surface area (TPSA) is 33.0 Å². The van der Waals surface area contributed by atoms with Gasteiger partial charge in [0.2, 0.25) is 0 Å². The Morgan fingerprint density at radius 1 is 1.13 bits per heavy atom. The van der Waals surface area contributed by atoms with Crippen LogP contribution in [0.15, 0.2) is 12.1 Å². The molecule has 0 aromatic heterocycles. The Kier molecular flexibility index (Phi) is 2.79. The molecule has 0 unspecified atom stereocenters. The molecule has 0 saturated heterocycles. The Morgan fingerprint density at radius 3 is 2.13 bits per heavy atom. The summed E-state index contributed by atoms with van der Waals surface area (Å²) in [7, 11) is 0. The highest BCUT2D eigenvalue weighted by atomic mass is 19.4. The summed E-state index contributed by atoms with van der Waals surface area (Å²) in [5.41, 5.74) is -0.730. The number of hydrogen-bond donors (Lipinski definition) is 0. The summed E-state index contributed by atoms with van der Waals surface area (Å²) < 4.78 is 63.6. The second-order valence-electron chi connectivity index (χ2n) is 2.42. The predicted octanol–water partition coefficient (Wildman–Crippen LogP) is 2.74. The van der Waals surface area contributed by atoms with Crippen molar-refractivity contribution in [2.45, 2.75) is 6.36 Å². The Bertz CT molecular complexity index is 420. The zero-order valence-electron chi connectivity index (χ0n) is 6.90. The van der Waals surface area contributed by atoms with Crippen molar-refractivity contribution in [2.24, 2.45) is 0 Å². The van der Waals surface area contributed by atoms with E-state index in [0.29, 0.717) is 6.07 Å². The fraction of sp³-hybridized carbons (Fsp3) is 0.125. The van der Waals surface area contributed by atoms with E-state index in [0.717, 1.165) is 0 Å². The van der Waals surface area contributed by atoms with Gasteiger partial charge in [-0.3, -0.25) is 0 Å². The third-order valence-corrected chi connectivity index (χ3v) is 1.37. The van der Waals surface area contributed by atoms with Crippen LogP contribution in [0.3, 0.4) is 0 Å². The Hall–Kier alpha value is -1.84. The average molecular weight is 223 g/mol. The molecule has 1 rings (SSSR count). The van der Waals surface area contributed by atoms with E-state index in [1.54, 1.807) is 0 Å². The van der Waals surface area contributed by atoms with Crippen LogP contribution in [-0.2, 0) is 0 Å². The minimum atomic E-state index is -5.06. The Balaban J connectivity index is 3.18. The van der Waals surface area contributed by atoms with Crippen molar-refractivity contribution in [1.82, 2.24) is 0 Å². The van der Waals surface area contributed by atoms with Crippen molar-refractivity contribution >= 4 is 0 Å². The fourth-order valence-corrected chi connectivity index (χ4v) is 0.825. The van der Waals surface area contributed by atoms with Gasteiger partial charge in [0.15, 0.2) is 11.6 Å². The number of halogens is 5. The molecule has 0 aliphatic rings. The van der Waals surface area contributed by atoms with E-state index in [1.807, 2.05) is 0 Å². The first kappa shape index (κ1) is 11.2. The molecule has 2 nitrogen and oxygen atoms in total. The molecule has 0 bridgehead atoms. The number of nitrogens with zero attached hydrogens (tertiary/aromatic N) is 1. The van der Waals surface area contributed by atoms with E-state index < -0.39 is 29.3 Å². The number of nitriles is 1. The smallest absolute Gasteiger partial charge is 0.404 e. The first-order valence-electron chi connectivity index (χ1n) is 3.48.